The molecule has 5 heteroatoms. The number of para-hydroxylation sites is 1. The first kappa shape index (κ1) is 20.5. The number of likely N-dealkylation sites (N-methyl/N-ethyl adjacent to an activating group) is 1. The zero-order chi connectivity index (χ0) is 20.0. The van der Waals surface area contributed by atoms with E-state index in [2.05, 4.69) is 19.2 Å². The molecule has 0 aromatic heterocycles. The molecule has 0 radical (unpaired) electrons. The molecule has 2 rings (SSSR count). The van der Waals surface area contributed by atoms with Crippen molar-refractivity contribution in [2.24, 2.45) is 0 Å². The van der Waals surface area contributed by atoms with Gasteiger partial charge in [-0.05, 0) is 48.6 Å². The van der Waals surface area contributed by atoms with Crippen molar-refractivity contribution in [1.29, 1.82) is 0 Å². The first-order valence-electron chi connectivity index (χ1n) is 9.10. The van der Waals surface area contributed by atoms with Crippen LogP contribution >= 0.6 is 0 Å². The van der Waals surface area contributed by atoms with Crippen molar-refractivity contribution < 1.29 is 14.3 Å². The van der Waals surface area contributed by atoms with Crippen LogP contribution in [0.2, 0.25) is 0 Å². The number of anilines is 1. The SMILES string of the molecule is Cc1cccc(C)c1NC(=O)CN(C)C(=O)COc1ccc(C(C)C)cc1. The molecule has 0 aliphatic rings. The molecule has 0 heterocycles. The molecule has 0 bridgehead atoms. The van der Waals surface area contributed by atoms with E-state index < -0.39 is 0 Å². The summed E-state index contributed by atoms with van der Waals surface area (Å²) in [6, 6.07) is 13.5. The Morgan fingerprint density at radius 2 is 1.63 bits per heavy atom. The Hall–Kier alpha value is -2.82. The van der Waals surface area contributed by atoms with E-state index in [4.69, 9.17) is 4.74 Å². The molecular weight excluding hydrogens is 340 g/mol. The third-order valence-corrected chi connectivity index (χ3v) is 4.46. The van der Waals surface area contributed by atoms with Crippen LogP contribution in [-0.4, -0.2) is 36.9 Å². The number of rotatable bonds is 7. The van der Waals surface area contributed by atoms with Crippen molar-refractivity contribution in [3.8, 4) is 5.75 Å². The zero-order valence-electron chi connectivity index (χ0n) is 16.7. The van der Waals surface area contributed by atoms with Crippen molar-refractivity contribution in [3.05, 3.63) is 59.2 Å². The average molecular weight is 368 g/mol. The number of hydrogen-bond donors (Lipinski definition) is 1. The average Bonchev–Trinajstić information content (AvgIpc) is 2.63. The monoisotopic (exact) mass is 368 g/mol. The maximum Gasteiger partial charge on any atom is 0.260 e. The summed E-state index contributed by atoms with van der Waals surface area (Å²) in [6.45, 7) is 8.00. The molecule has 0 aliphatic carbocycles. The van der Waals surface area contributed by atoms with Crippen molar-refractivity contribution in [2.75, 3.05) is 25.5 Å². The summed E-state index contributed by atoms with van der Waals surface area (Å²) < 4.78 is 5.54. The van der Waals surface area contributed by atoms with E-state index in [9.17, 15) is 9.59 Å². The fraction of sp³-hybridized carbons (Fsp3) is 0.364. The second-order valence-corrected chi connectivity index (χ2v) is 7.08. The molecule has 0 aliphatic heterocycles. The number of hydrogen-bond acceptors (Lipinski definition) is 3. The molecule has 144 valence electrons. The minimum Gasteiger partial charge on any atom is -0.484 e. The van der Waals surface area contributed by atoms with Gasteiger partial charge in [0.15, 0.2) is 6.61 Å². The van der Waals surface area contributed by atoms with E-state index in [1.807, 2.05) is 56.3 Å². The first-order valence-corrected chi connectivity index (χ1v) is 9.10. The Balaban J connectivity index is 1.85. The third-order valence-electron chi connectivity index (χ3n) is 4.46. The number of amides is 2. The fourth-order valence-corrected chi connectivity index (χ4v) is 2.70. The van der Waals surface area contributed by atoms with Crippen molar-refractivity contribution in [2.45, 2.75) is 33.6 Å². The van der Waals surface area contributed by atoms with Gasteiger partial charge in [-0.25, -0.2) is 0 Å². The third kappa shape index (κ3) is 5.84. The Labute approximate surface area is 161 Å². The lowest BCUT2D eigenvalue weighted by Crippen LogP contribution is -2.37. The van der Waals surface area contributed by atoms with Crippen molar-refractivity contribution in [1.82, 2.24) is 4.90 Å². The summed E-state index contributed by atoms with van der Waals surface area (Å²) in [7, 11) is 1.60. The smallest absolute Gasteiger partial charge is 0.260 e. The molecule has 2 aromatic carbocycles. The standard InChI is InChI=1S/C22H28N2O3/c1-15(2)18-9-11-19(12-10-18)27-14-21(26)24(5)13-20(25)23-22-16(3)7-6-8-17(22)4/h6-12,15H,13-14H2,1-5H3,(H,23,25). The van der Waals surface area contributed by atoms with Crippen LogP contribution in [0, 0.1) is 13.8 Å². The molecule has 5 nitrogen and oxygen atoms in total. The van der Waals surface area contributed by atoms with Crippen molar-refractivity contribution >= 4 is 17.5 Å². The molecule has 2 amide bonds. The van der Waals surface area contributed by atoms with Crippen LogP contribution in [-0.2, 0) is 9.59 Å². The van der Waals surface area contributed by atoms with E-state index in [0.717, 1.165) is 16.8 Å². The Morgan fingerprint density at radius 3 is 2.19 bits per heavy atom. The molecule has 0 fully saturated rings. The van der Waals surface area contributed by atoms with E-state index >= 15 is 0 Å². The normalized spacial score (nSPS) is 10.6. The highest BCUT2D eigenvalue weighted by atomic mass is 16.5. The van der Waals surface area contributed by atoms with Gasteiger partial charge in [0.05, 0.1) is 6.54 Å². The Morgan fingerprint density at radius 1 is 1.04 bits per heavy atom. The van der Waals surface area contributed by atoms with Crippen LogP contribution < -0.4 is 10.1 Å². The highest BCUT2D eigenvalue weighted by Crippen LogP contribution is 2.20. The predicted molar refractivity (Wildman–Crippen MR) is 108 cm³/mol. The van der Waals surface area contributed by atoms with Gasteiger partial charge in [0, 0.05) is 12.7 Å². The molecule has 1 N–H and O–H groups in total. The number of carbonyl (C=O) groups excluding carboxylic acids is 2. The topological polar surface area (TPSA) is 58.6 Å². The van der Waals surface area contributed by atoms with Gasteiger partial charge in [-0.2, -0.15) is 0 Å². The van der Waals surface area contributed by atoms with E-state index in [-0.39, 0.29) is 25.0 Å². The zero-order valence-corrected chi connectivity index (χ0v) is 16.7. The highest BCUT2D eigenvalue weighted by molar-refractivity contribution is 5.95. The van der Waals surface area contributed by atoms with Crippen LogP contribution in [0.25, 0.3) is 0 Å². The fourth-order valence-electron chi connectivity index (χ4n) is 2.70. The first-order chi connectivity index (χ1) is 12.8. The van der Waals surface area contributed by atoms with E-state index in [1.54, 1.807) is 7.05 Å². The maximum atomic E-state index is 12.3. The van der Waals surface area contributed by atoms with Crippen LogP contribution in [0.1, 0.15) is 36.5 Å². The quantitative estimate of drug-likeness (QED) is 0.806. The largest absolute Gasteiger partial charge is 0.484 e. The number of ether oxygens (including phenoxy) is 1. The number of benzene rings is 2. The number of nitrogens with one attached hydrogen (secondary N) is 1. The lowest BCUT2D eigenvalue weighted by atomic mass is 10.0. The lowest BCUT2D eigenvalue weighted by Gasteiger charge is -2.18. The molecule has 27 heavy (non-hydrogen) atoms. The molecule has 0 saturated heterocycles. The second kappa shape index (κ2) is 9.21. The molecule has 2 aromatic rings. The number of nitrogens with zero attached hydrogens (tertiary/aromatic N) is 1. The van der Waals surface area contributed by atoms with Gasteiger partial charge >= 0.3 is 0 Å². The van der Waals surface area contributed by atoms with Gasteiger partial charge in [0.2, 0.25) is 5.91 Å². The van der Waals surface area contributed by atoms with Gasteiger partial charge < -0.3 is 15.0 Å². The van der Waals surface area contributed by atoms with Gasteiger partial charge in [-0.15, -0.1) is 0 Å². The molecule has 0 unspecified atom stereocenters. The predicted octanol–water partition coefficient (Wildman–Crippen LogP) is 3.90. The van der Waals surface area contributed by atoms with Gasteiger partial charge in [-0.1, -0.05) is 44.2 Å². The van der Waals surface area contributed by atoms with E-state index in [0.29, 0.717) is 11.7 Å². The number of carbonyl (C=O) groups is 2. The number of aryl methyl sites for hydroxylation is 2. The molecule has 0 spiro atoms. The molecular formula is C22H28N2O3. The molecule has 0 atom stereocenters. The van der Waals surface area contributed by atoms with Crippen LogP contribution in [0.5, 0.6) is 5.75 Å². The summed E-state index contributed by atoms with van der Waals surface area (Å²) >= 11 is 0. The van der Waals surface area contributed by atoms with Gasteiger partial charge in [0.25, 0.3) is 5.91 Å². The second-order valence-electron chi connectivity index (χ2n) is 7.08. The van der Waals surface area contributed by atoms with Crippen LogP contribution in [0.3, 0.4) is 0 Å². The Kier molecular flexibility index (Phi) is 6.99. The van der Waals surface area contributed by atoms with Gasteiger partial charge in [0.1, 0.15) is 5.75 Å². The maximum absolute atomic E-state index is 12.3. The summed E-state index contributed by atoms with van der Waals surface area (Å²) in [5.74, 6) is 0.604. The minimum atomic E-state index is -0.250. The summed E-state index contributed by atoms with van der Waals surface area (Å²) in [5, 5.41) is 2.88. The summed E-state index contributed by atoms with van der Waals surface area (Å²) in [4.78, 5) is 25.9. The molecule has 0 saturated carbocycles. The minimum absolute atomic E-state index is 0.0255. The Bertz CT molecular complexity index is 777. The summed E-state index contributed by atoms with van der Waals surface area (Å²) in [6.07, 6.45) is 0. The van der Waals surface area contributed by atoms with Crippen molar-refractivity contribution in [3.63, 3.8) is 0 Å². The highest BCUT2D eigenvalue weighted by Gasteiger charge is 2.15. The van der Waals surface area contributed by atoms with Gasteiger partial charge in [-0.3, -0.25) is 9.59 Å². The van der Waals surface area contributed by atoms with Crippen LogP contribution in [0.15, 0.2) is 42.5 Å². The van der Waals surface area contributed by atoms with E-state index in [1.165, 1.54) is 10.5 Å². The van der Waals surface area contributed by atoms with Crippen LogP contribution in [0.4, 0.5) is 5.69 Å². The lowest BCUT2D eigenvalue weighted by molar-refractivity contribution is -0.135. The summed E-state index contributed by atoms with van der Waals surface area (Å²) in [5.41, 5.74) is 4.00.